The molecule has 0 aliphatic rings. The van der Waals surface area contributed by atoms with Crippen LogP contribution >= 0.6 is 0 Å². The molecule has 0 radical (unpaired) electrons. The number of nitrogens with one attached hydrogen (secondary N) is 1. The summed E-state index contributed by atoms with van der Waals surface area (Å²) in [6.45, 7) is 10.1. The van der Waals surface area contributed by atoms with E-state index in [0.29, 0.717) is 5.41 Å². The average Bonchev–Trinajstić information content (AvgIpc) is 2.31. The Morgan fingerprint density at radius 1 is 0.882 bits per heavy atom. The number of hydrogen-bond acceptors (Lipinski definition) is 2. The number of unbranched alkanes of at least 4 members (excludes halogenated alkanes) is 6. The van der Waals surface area contributed by atoms with Crippen LogP contribution < -0.4 is 11.1 Å². The Labute approximate surface area is 109 Å². The van der Waals surface area contributed by atoms with Gasteiger partial charge in [-0.1, -0.05) is 52.9 Å². The smallest absolute Gasteiger partial charge is 0.000241 e. The highest BCUT2D eigenvalue weighted by Gasteiger charge is 2.13. The van der Waals surface area contributed by atoms with Crippen molar-refractivity contribution in [2.24, 2.45) is 11.1 Å². The monoisotopic (exact) mass is 242 g/mol. The van der Waals surface area contributed by atoms with Gasteiger partial charge in [0.2, 0.25) is 0 Å². The average molecular weight is 242 g/mol. The molecule has 3 N–H and O–H groups in total. The minimum atomic E-state index is 0.461. The van der Waals surface area contributed by atoms with Gasteiger partial charge >= 0.3 is 0 Å². The van der Waals surface area contributed by atoms with Crippen LogP contribution in [0.15, 0.2) is 0 Å². The van der Waals surface area contributed by atoms with E-state index in [-0.39, 0.29) is 0 Å². The first-order chi connectivity index (χ1) is 8.12. The van der Waals surface area contributed by atoms with Crippen LogP contribution in [0.1, 0.15) is 72.1 Å². The van der Waals surface area contributed by atoms with Crippen LogP contribution in [0.3, 0.4) is 0 Å². The van der Waals surface area contributed by atoms with Gasteiger partial charge in [-0.05, 0) is 37.8 Å². The zero-order chi connectivity index (χ0) is 13.0. The van der Waals surface area contributed by atoms with Crippen molar-refractivity contribution in [2.45, 2.75) is 72.1 Å². The van der Waals surface area contributed by atoms with Gasteiger partial charge in [-0.25, -0.2) is 0 Å². The molecule has 0 unspecified atom stereocenters. The fourth-order valence-electron chi connectivity index (χ4n) is 1.83. The summed E-state index contributed by atoms with van der Waals surface area (Å²) in [5.74, 6) is 0. The minimum Gasteiger partial charge on any atom is -0.330 e. The lowest BCUT2D eigenvalue weighted by Gasteiger charge is -2.22. The van der Waals surface area contributed by atoms with Gasteiger partial charge in [0, 0.05) is 6.54 Å². The maximum absolute atomic E-state index is 5.46. The second-order valence-electron chi connectivity index (χ2n) is 5.96. The van der Waals surface area contributed by atoms with E-state index in [2.05, 4.69) is 26.1 Å². The molecule has 0 aliphatic heterocycles. The first-order valence-corrected chi connectivity index (χ1v) is 7.53. The van der Waals surface area contributed by atoms with Crippen LogP contribution in [0, 0.1) is 5.41 Å². The molecule has 104 valence electrons. The van der Waals surface area contributed by atoms with Crippen molar-refractivity contribution in [3.63, 3.8) is 0 Å². The normalized spacial score (nSPS) is 12.0. The Bertz CT molecular complexity index is 155. The van der Waals surface area contributed by atoms with E-state index in [1.165, 1.54) is 57.9 Å². The quantitative estimate of drug-likeness (QED) is 0.512. The Morgan fingerprint density at radius 2 is 1.41 bits per heavy atom. The van der Waals surface area contributed by atoms with Crippen molar-refractivity contribution in [3.05, 3.63) is 0 Å². The summed E-state index contributed by atoms with van der Waals surface area (Å²) in [4.78, 5) is 0. The minimum absolute atomic E-state index is 0.461. The Balaban J connectivity index is 3.09. The summed E-state index contributed by atoms with van der Waals surface area (Å²) in [5.41, 5.74) is 5.92. The second-order valence-corrected chi connectivity index (χ2v) is 5.96. The van der Waals surface area contributed by atoms with Crippen LogP contribution in [-0.4, -0.2) is 19.6 Å². The van der Waals surface area contributed by atoms with E-state index in [4.69, 9.17) is 5.73 Å². The first-order valence-electron chi connectivity index (χ1n) is 7.53. The summed E-state index contributed by atoms with van der Waals surface area (Å²) < 4.78 is 0. The third-order valence-electron chi connectivity index (χ3n) is 3.62. The van der Waals surface area contributed by atoms with Crippen molar-refractivity contribution in [1.29, 1.82) is 0 Å². The molecule has 0 saturated carbocycles. The summed E-state index contributed by atoms with van der Waals surface area (Å²) in [7, 11) is 0. The van der Waals surface area contributed by atoms with Gasteiger partial charge in [0.1, 0.15) is 0 Å². The van der Waals surface area contributed by atoms with E-state index in [1.807, 2.05) is 0 Å². The molecule has 0 aromatic carbocycles. The van der Waals surface area contributed by atoms with Gasteiger partial charge in [0.15, 0.2) is 0 Å². The molecule has 0 bridgehead atoms. The zero-order valence-electron chi connectivity index (χ0n) is 12.4. The maximum Gasteiger partial charge on any atom is 0.000241 e. The molecule has 2 nitrogen and oxygen atoms in total. The molecule has 17 heavy (non-hydrogen) atoms. The van der Waals surface area contributed by atoms with Crippen molar-refractivity contribution in [1.82, 2.24) is 5.32 Å². The molecular weight excluding hydrogens is 208 g/mol. The van der Waals surface area contributed by atoms with Gasteiger partial charge in [-0.15, -0.1) is 0 Å². The fraction of sp³-hybridized carbons (Fsp3) is 1.00. The van der Waals surface area contributed by atoms with E-state index in [1.54, 1.807) is 0 Å². The van der Waals surface area contributed by atoms with Crippen LogP contribution in [-0.2, 0) is 0 Å². The molecule has 0 fully saturated rings. The first kappa shape index (κ1) is 16.9. The van der Waals surface area contributed by atoms with Crippen LogP contribution in [0.2, 0.25) is 0 Å². The Kier molecular flexibility index (Phi) is 11.0. The van der Waals surface area contributed by atoms with E-state index < -0.39 is 0 Å². The molecule has 0 heterocycles. The highest BCUT2D eigenvalue weighted by Crippen LogP contribution is 2.17. The van der Waals surface area contributed by atoms with Crippen molar-refractivity contribution >= 4 is 0 Å². The molecule has 0 rings (SSSR count). The Morgan fingerprint density at radius 3 is 1.94 bits per heavy atom. The molecule has 2 heteroatoms. The molecule has 0 amide bonds. The van der Waals surface area contributed by atoms with Gasteiger partial charge in [0.05, 0.1) is 0 Å². The van der Waals surface area contributed by atoms with Crippen LogP contribution in [0.5, 0.6) is 0 Å². The van der Waals surface area contributed by atoms with E-state index in [9.17, 15) is 0 Å². The predicted octanol–water partition coefficient (Wildman–Crippen LogP) is 3.70. The maximum atomic E-state index is 5.46. The Hall–Kier alpha value is -0.0800. The van der Waals surface area contributed by atoms with Crippen LogP contribution in [0.4, 0.5) is 0 Å². The largest absolute Gasteiger partial charge is 0.330 e. The van der Waals surface area contributed by atoms with Crippen molar-refractivity contribution in [3.8, 4) is 0 Å². The summed E-state index contributed by atoms with van der Waals surface area (Å²) in [5, 5.41) is 3.57. The number of hydrogen-bond donors (Lipinski definition) is 2. The SMILES string of the molecule is CCC(C)(C)CNCCCCCCCCCN. The van der Waals surface area contributed by atoms with Gasteiger partial charge in [-0.2, -0.15) is 0 Å². The van der Waals surface area contributed by atoms with Gasteiger partial charge in [0.25, 0.3) is 0 Å². The number of nitrogens with two attached hydrogens (primary N) is 1. The molecule has 0 aliphatic carbocycles. The molecule has 0 aromatic heterocycles. The predicted molar refractivity (Wildman–Crippen MR) is 78.3 cm³/mol. The molecule has 0 saturated heterocycles. The number of rotatable bonds is 12. The molecule has 0 aromatic rings. The van der Waals surface area contributed by atoms with Crippen molar-refractivity contribution < 1.29 is 0 Å². The second kappa shape index (κ2) is 11.0. The highest BCUT2D eigenvalue weighted by molar-refractivity contribution is 4.68. The zero-order valence-corrected chi connectivity index (χ0v) is 12.4. The van der Waals surface area contributed by atoms with E-state index in [0.717, 1.165) is 13.1 Å². The highest BCUT2D eigenvalue weighted by atomic mass is 14.9. The lowest BCUT2D eigenvalue weighted by molar-refractivity contribution is 0.327. The summed E-state index contributed by atoms with van der Waals surface area (Å²) >= 11 is 0. The van der Waals surface area contributed by atoms with E-state index >= 15 is 0 Å². The summed E-state index contributed by atoms with van der Waals surface area (Å²) in [6.07, 6.45) is 10.6. The van der Waals surface area contributed by atoms with Gasteiger partial charge in [-0.3, -0.25) is 0 Å². The third-order valence-corrected chi connectivity index (χ3v) is 3.62. The third kappa shape index (κ3) is 12.2. The summed E-state index contributed by atoms with van der Waals surface area (Å²) in [6, 6.07) is 0. The molecular formula is C15H34N2. The molecule has 0 spiro atoms. The fourth-order valence-corrected chi connectivity index (χ4v) is 1.83. The lowest BCUT2D eigenvalue weighted by atomic mass is 9.90. The lowest BCUT2D eigenvalue weighted by Crippen LogP contribution is -2.29. The molecule has 0 atom stereocenters. The van der Waals surface area contributed by atoms with Crippen molar-refractivity contribution in [2.75, 3.05) is 19.6 Å². The van der Waals surface area contributed by atoms with Gasteiger partial charge < -0.3 is 11.1 Å². The van der Waals surface area contributed by atoms with Crippen LogP contribution in [0.25, 0.3) is 0 Å². The topological polar surface area (TPSA) is 38.0 Å². The standard InChI is InChI=1S/C15H34N2/c1-4-15(2,3)14-17-13-11-9-7-5-6-8-10-12-16/h17H,4-14,16H2,1-3H3.